The highest BCUT2D eigenvalue weighted by Gasteiger charge is 2.25. The maximum Gasteiger partial charge on any atom is 0.237 e. The molecule has 1 saturated carbocycles. The first kappa shape index (κ1) is 12.5. The molecule has 0 aliphatic heterocycles. The standard InChI is InChI=1S/C11H22N2O2/c1-3-10(14)6-7-12-8(2)11(15)13-9-4-5-9/h8-10,12,14H,3-7H2,1-2H3,(H,13,15). The van der Waals surface area contributed by atoms with Gasteiger partial charge in [0.2, 0.25) is 5.91 Å². The zero-order chi connectivity index (χ0) is 11.3. The van der Waals surface area contributed by atoms with E-state index in [0.29, 0.717) is 19.0 Å². The van der Waals surface area contributed by atoms with Crippen molar-refractivity contribution < 1.29 is 9.90 Å². The van der Waals surface area contributed by atoms with Gasteiger partial charge in [-0.3, -0.25) is 4.79 Å². The van der Waals surface area contributed by atoms with E-state index in [9.17, 15) is 9.90 Å². The van der Waals surface area contributed by atoms with Crippen LogP contribution in [0, 0.1) is 0 Å². The number of nitrogens with one attached hydrogen (secondary N) is 2. The number of hydrogen-bond donors (Lipinski definition) is 3. The van der Waals surface area contributed by atoms with Crippen LogP contribution in [0.3, 0.4) is 0 Å². The second-order valence-electron chi connectivity index (χ2n) is 4.31. The molecule has 0 aromatic carbocycles. The van der Waals surface area contributed by atoms with Gasteiger partial charge in [-0.25, -0.2) is 0 Å². The monoisotopic (exact) mass is 214 g/mol. The Balaban J connectivity index is 2.05. The van der Waals surface area contributed by atoms with Crippen LogP contribution in [0.15, 0.2) is 0 Å². The van der Waals surface area contributed by atoms with E-state index in [2.05, 4.69) is 10.6 Å². The minimum atomic E-state index is -0.254. The smallest absolute Gasteiger partial charge is 0.237 e. The molecule has 0 spiro atoms. The molecule has 1 aliphatic rings. The van der Waals surface area contributed by atoms with Crippen LogP contribution < -0.4 is 10.6 Å². The lowest BCUT2D eigenvalue weighted by atomic mass is 10.2. The molecule has 88 valence electrons. The third-order valence-corrected chi connectivity index (χ3v) is 2.72. The molecule has 2 unspecified atom stereocenters. The molecule has 1 amide bonds. The normalized spacial score (nSPS) is 19.7. The van der Waals surface area contributed by atoms with Gasteiger partial charge in [0.25, 0.3) is 0 Å². The Morgan fingerprint density at radius 2 is 2.20 bits per heavy atom. The number of aliphatic hydroxyl groups excluding tert-OH is 1. The SMILES string of the molecule is CCC(O)CCNC(C)C(=O)NC1CC1. The highest BCUT2D eigenvalue weighted by molar-refractivity contribution is 5.81. The zero-order valence-electron chi connectivity index (χ0n) is 9.62. The van der Waals surface area contributed by atoms with E-state index in [0.717, 1.165) is 19.3 Å². The van der Waals surface area contributed by atoms with Crippen molar-refractivity contribution in [3.63, 3.8) is 0 Å². The lowest BCUT2D eigenvalue weighted by molar-refractivity contribution is -0.122. The Kier molecular flexibility index (Phi) is 5.05. The third kappa shape index (κ3) is 5.14. The number of amides is 1. The van der Waals surface area contributed by atoms with Crippen LogP contribution in [0.5, 0.6) is 0 Å². The molecule has 15 heavy (non-hydrogen) atoms. The lowest BCUT2D eigenvalue weighted by Gasteiger charge is -2.14. The van der Waals surface area contributed by atoms with Crippen molar-refractivity contribution in [1.82, 2.24) is 10.6 Å². The molecule has 1 fully saturated rings. The summed E-state index contributed by atoms with van der Waals surface area (Å²) in [6, 6.07) is 0.262. The Labute approximate surface area is 91.4 Å². The van der Waals surface area contributed by atoms with Crippen molar-refractivity contribution in [2.24, 2.45) is 0 Å². The van der Waals surface area contributed by atoms with Crippen molar-refractivity contribution in [3.05, 3.63) is 0 Å². The van der Waals surface area contributed by atoms with E-state index in [1.165, 1.54) is 0 Å². The number of hydrogen-bond acceptors (Lipinski definition) is 3. The van der Waals surface area contributed by atoms with Crippen LogP contribution in [0.1, 0.15) is 39.5 Å². The molecular weight excluding hydrogens is 192 g/mol. The van der Waals surface area contributed by atoms with E-state index in [-0.39, 0.29) is 18.1 Å². The van der Waals surface area contributed by atoms with Gasteiger partial charge >= 0.3 is 0 Å². The second-order valence-corrected chi connectivity index (χ2v) is 4.31. The van der Waals surface area contributed by atoms with Gasteiger partial charge in [0.1, 0.15) is 0 Å². The van der Waals surface area contributed by atoms with Gasteiger partial charge in [0.15, 0.2) is 0 Å². The average molecular weight is 214 g/mol. The van der Waals surface area contributed by atoms with Crippen LogP contribution in [0.2, 0.25) is 0 Å². The summed E-state index contributed by atoms with van der Waals surface area (Å²) < 4.78 is 0. The van der Waals surface area contributed by atoms with Crippen molar-refractivity contribution >= 4 is 5.91 Å². The molecule has 4 heteroatoms. The summed E-state index contributed by atoms with van der Waals surface area (Å²) in [6.45, 7) is 4.50. The molecule has 0 heterocycles. The quantitative estimate of drug-likeness (QED) is 0.575. The molecule has 0 radical (unpaired) electrons. The molecular formula is C11H22N2O2. The van der Waals surface area contributed by atoms with Crippen molar-refractivity contribution in [2.75, 3.05) is 6.54 Å². The first-order chi connectivity index (χ1) is 7.13. The summed E-state index contributed by atoms with van der Waals surface area (Å²) >= 11 is 0. The van der Waals surface area contributed by atoms with Gasteiger partial charge in [-0.1, -0.05) is 6.92 Å². The number of aliphatic hydroxyl groups is 1. The third-order valence-electron chi connectivity index (χ3n) is 2.72. The molecule has 4 nitrogen and oxygen atoms in total. The van der Waals surface area contributed by atoms with E-state index in [1.54, 1.807) is 0 Å². The summed E-state index contributed by atoms with van der Waals surface area (Å²) in [5.74, 6) is 0.0727. The van der Waals surface area contributed by atoms with Crippen LogP contribution in [-0.2, 0) is 4.79 Å². The Bertz CT molecular complexity index is 205. The maximum atomic E-state index is 11.5. The maximum absolute atomic E-state index is 11.5. The van der Waals surface area contributed by atoms with Crippen molar-refractivity contribution in [3.8, 4) is 0 Å². The predicted molar refractivity (Wildman–Crippen MR) is 59.5 cm³/mol. The molecule has 0 bridgehead atoms. The van der Waals surface area contributed by atoms with E-state index in [1.807, 2.05) is 13.8 Å². The van der Waals surface area contributed by atoms with E-state index >= 15 is 0 Å². The predicted octanol–water partition coefficient (Wildman–Crippen LogP) is 0.404. The van der Waals surface area contributed by atoms with Crippen LogP contribution in [0.25, 0.3) is 0 Å². The lowest BCUT2D eigenvalue weighted by Crippen LogP contribution is -2.43. The Hall–Kier alpha value is -0.610. The minimum absolute atomic E-state index is 0.0727. The number of carbonyl (C=O) groups is 1. The first-order valence-corrected chi connectivity index (χ1v) is 5.85. The van der Waals surface area contributed by atoms with Crippen molar-refractivity contribution in [1.29, 1.82) is 0 Å². The molecule has 1 rings (SSSR count). The molecule has 0 saturated heterocycles. The average Bonchev–Trinajstić information content (AvgIpc) is 3.01. The molecule has 1 aliphatic carbocycles. The highest BCUT2D eigenvalue weighted by atomic mass is 16.3. The van der Waals surface area contributed by atoms with Gasteiger partial charge in [-0.05, 0) is 39.2 Å². The van der Waals surface area contributed by atoms with Gasteiger partial charge < -0.3 is 15.7 Å². The fourth-order valence-corrected chi connectivity index (χ4v) is 1.32. The second kappa shape index (κ2) is 6.08. The topological polar surface area (TPSA) is 61.4 Å². The molecule has 2 atom stereocenters. The number of rotatable bonds is 7. The fourth-order valence-electron chi connectivity index (χ4n) is 1.32. The summed E-state index contributed by atoms with van der Waals surface area (Å²) in [7, 11) is 0. The van der Waals surface area contributed by atoms with E-state index in [4.69, 9.17) is 0 Å². The largest absolute Gasteiger partial charge is 0.393 e. The Morgan fingerprint density at radius 3 is 2.73 bits per heavy atom. The summed E-state index contributed by atoms with van der Waals surface area (Å²) in [5, 5.41) is 15.4. The van der Waals surface area contributed by atoms with Crippen molar-refractivity contribution in [2.45, 2.75) is 57.7 Å². The summed E-state index contributed by atoms with van der Waals surface area (Å²) in [5.41, 5.74) is 0. The number of carbonyl (C=O) groups excluding carboxylic acids is 1. The van der Waals surface area contributed by atoms with Crippen LogP contribution in [0.4, 0.5) is 0 Å². The van der Waals surface area contributed by atoms with Gasteiger partial charge in [-0.15, -0.1) is 0 Å². The Morgan fingerprint density at radius 1 is 1.53 bits per heavy atom. The zero-order valence-corrected chi connectivity index (χ0v) is 9.62. The summed E-state index contributed by atoms with van der Waals surface area (Å²) in [6.07, 6.45) is 3.46. The molecule has 0 aromatic rings. The fraction of sp³-hybridized carbons (Fsp3) is 0.909. The first-order valence-electron chi connectivity index (χ1n) is 5.85. The molecule has 3 N–H and O–H groups in total. The van der Waals surface area contributed by atoms with Crippen LogP contribution >= 0.6 is 0 Å². The summed E-state index contributed by atoms with van der Waals surface area (Å²) in [4.78, 5) is 11.5. The molecule has 0 aromatic heterocycles. The van der Waals surface area contributed by atoms with Gasteiger partial charge in [-0.2, -0.15) is 0 Å². The van der Waals surface area contributed by atoms with Gasteiger partial charge in [0, 0.05) is 6.04 Å². The van der Waals surface area contributed by atoms with E-state index < -0.39 is 0 Å². The van der Waals surface area contributed by atoms with Gasteiger partial charge in [0.05, 0.1) is 12.1 Å². The highest BCUT2D eigenvalue weighted by Crippen LogP contribution is 2.18. The van der Waals surface area contributed by atoms with Crippen LogP contribution in [-0.4, -0.2) is 35.7 Å². The minimum Gasteiger partial charge on any atom is -0.393 e.